The van der Waals surface area contributed by atoms with Crippen molar-refractivity contribution in [3.63, 3.8) is 0 Å². The maximum absolute atomic E-state index is 11.4. The highest BCUT2D eigenvalue weighted by Gasteiger charge is 2.27. The second-order valence-electron chi connectivity index (χ2n) is 4.97. The van der Waals surface area contributed by atoms with Gasteiger partial charge in [-0.2, -0.15) is 0 Å². The van der Waals surface area contributed by atoms with Crippen LogP contribution >= 0.6 is 0 Å². The number of carboxylic acids is 1. The molecular weight excluding hydrogens is 226 g/mol. The lowest BCUT2D eigenvalue weighted by molar-refractivity contribution is -0.142. The zero-order valence-electron chi connectivity index (χ0n) is 10.9. The van der Waals surface area contributed by atoms with Crippen molar-refractivity contribution in [2.24, 2.45) is 0 Å². The first-order chi connectivity index (χ1) is 8.70. The van der Waals surface area contributed by atoms with Crippen molar-refractivity contribution in [1.82, 2.24) is 4.90 Å². The summed E-state index contributed by atoms with van der Waals surface area (Å²) >= 11 is 0. The van der Waals surface area contributed by atoms with Crippen LogP contribution in [-0.4, -0.2) is 35.1 Å². The van der Waals surface area contributed by atoms with Gasteiger partial charge in [0.25, 0.3) is 0 Å². The number of hydrogen-bond donors (Lipinski definition) is 1. The number of nitrogens with zero attached hydrogens (tertiary/aromatic N) is 1. The summed E-state index contributed by atoms with van der Waals surface area (Å²) in [6.45, 7) is 3.97. The fourth-order valence-electron chi connectivity index (χ4n) is 2.56. The Morgan fingerprint density at radius 3 is 2.28 bits per heavy atom. The zero-order valence-corrected chi connectivity index (χ0v) is 10.9. The van der Waals surface area contributed by atoms with Crippen LogP contribution in [0.4, 0.5) is 0 Å². The van der Waals surface area contributed by atoms with Crippen LogP contribution in [0.15, 0.2) is 24.3 Å². The molecule has 1 N–H and O–H groups in total. The third kappa shape index (κ3) is 3.10. The standard InChI is InChI=1S/C15H21NO2/c1-2-12-5-7-13(8-6-12)11-14(15(17)18)16-9-3-4-10-16/h5-8,14H,2-4,9-11H2,1H3,(H,17,18). The average molecular weight is 247 g/mol. The van der Waals surface area contributed by atoms with E-state index >= 15 is 0 Å². The van der Waals surface area contributed by atoms with Gasteiger partial charge in [0.2, 0.25) is 0 Å². The molecule has 1 fully saturated rings. The molecule has 0 bridgehead atoms. The predicted octanol–water partition coefficient (Wildman–Crippen LogP) is 2.34. The van der Waals surface area contributed by atoms with Crippen molar-refractivity contribution in [2.75, 3.05) is 13.1 Å². The summed E-state index contributed by atoms with van der Waals surface area (Å²) in [6, 6.07) is 7.95. The third-order valence-electron chi connectivity index (χ3n) is 3.73. The molecule has 98 valence electrons. The van der Waals surface area contributed by atoms with E-state index < -0.39 is 5.97 Å². The second kappa shape index (κ2) is 6.01. The molecule has 0 aromatic heterocycles. The van der Waals surface area contributed by atoms with Gasteiger partial charge < -0.3 is 5.11 Å². The minimum Gasteiger partial charge on any atom is -0.480 e. The van der Waals surface area contributed by atoms with Crippen molar-refractivity contribution < 1.29 is 9.90 Å². The molecule has 0 saturated carbocycles. The summed E-state index contributed by atoms with van der Waals surface area (Å²) in [4.78, 5) is 13.5. The van der Waals surface area contributed by atoms with Gasteiger partial charge in [0.1, 0.15) is 6.04 Å². The van der Waals surface area contributed by atoms with Crippen LogP contribution in [-0.2, 0) is 17.6 Å². The van der Waals surface area contributed by atoms with Crippen LogP contribution in [0, 0.1) is 0 Å². The number of rotatable bonds is 5. The largest absolute Gasteiger partial charge is 0.480 e. The topological polar surface area (TPSA) is 40.5 Å². The number of likely N-dealkylation sites (tertiary alicyclic amines) is 1. The lowest BCUT2D eigenvalue weighted by Crippen LogP contribution is -2.40. The monoisotopic (exact) mass is 247 g/mol. The van der Waals surface area contributed by atoms with E-state index in [1.807, 2.05) is 0 Å². The van der Waals surface area contributed by atoms with Gasteiger partial charge >= 0.3 is 5.97 Å². The molecule has 0 amide bonds. The fourth-order valence-corrected chi connectivity index (χ4v) is 2.56. The molecule has 3 heteroatoms. The molecule has 1 saturated heterocycles. The van der Waals surface area contributed by atoms with E-state index in [1.54, 1.807) is 0 Å². The molecule has 1 heterocycles. The summed E-state index contributed by atoms with van der Waals surface area (Å²) in [6.07, 6.45) is 3.88. The highest BCUT2D eigenvalue weighted by Crippen LogP contribution is 2.16. The van der Waals surface area contributed by atoms with Gasteiger partial charge in [0.15, 0.2) is 0 Å². The maximum Gasteiger partial charge on any atom is 0.321 e. The second-order valence-corrected chi connectivity index (χ2v) is 4.97. The van der Waals surface area contributed by atoms with Gasteiger partial charge in [-0.15, -0.1) is 0 Å². The Labute approximate surface area is 108 Å². The van der Waals surface area contributed by atoms with Crippen molar-refractivity contribution in [2.45, 2.75) is 38.6 Å². The summed E-state index contributed by atoms with van der Waals surface area (Å²) in [5, 5.41) is 9.35. The molecule has 1 unspecified atom stereocenters. The Bertz CT molecular complexity index is 393. The normalized spacial score (nSPS) is 17.8. The summed E-state index contributed by atoms with van der Waals surface area (Å²) < 4.78 is 0. The molecule has 3 nitrogen and oxygen atoms in total. The number of carboxylic acid groups (broad SMARTS) is 1. The van der Waals surface area contributed by atoms with E-state index in [2.05, 4.69) is 36.1 Å². The molecule has 1 aromatic rings. The molecule has 0 radical (unpaired) electrons. The third-order valence-corrected chi connectivity index (χ3v) is 3.73. The summed E-state index contributed by atoms with van der Waals surface area (Å²) in [5.74, 6) is -0.698. The quantitative estimate of drug-likeness (QED) is 0.868. The highest BCUT2D eigenvalue weighted by atomic mass is 16.4. The van der Waals surface area contributed by atoms with Crippen LogP contribution in [0.5, 0.6) is 0 Å². The molecule has 2 rings (SSSR count). The van der Waals surface area contributed by atoms with Gasteiger partial charge in [0.05, 0.1) is 0 Å². The first-order valence-corrected chi connectivity index (χ1v) is 6.75. The van der Waals surface area contributed by atoms with Crippen molar-refractivity contribution in [3.8, 4) is 0 Å². The number of benzene rings is 1. The SMILES string of the molecule is CCc1ccc(CC(C(=O)O)N2CCCC2)cc1. The minimum atomic E-state index is -0.698. The molecule has 18 heavy (non-hydrogen) atoms. The Hall–Kier alpha value is -1.35. The molecule has 0 spiro atoms. The van der Waals surface area contributed by atoms with Gasteiger partial charge in [0, 0.05) is 0 Å². The minimum absolute atomic E-state index is 0.361. The maximum atomic E-state index is 11.4. The van der Waals surface area contributed by atoms with E-state index in [0.717, 1.165) is 37.9 Å². The molecule has 1 aliphatic heterocycles. The van der Waals surface area contributed by atoms with Crippen molar-refractivity contribution in [1.29, 1.82) is 0 Å². The van der Waals surface area contributed by atoms with Crippen LogP contribution < -0.4 is 0 Å². The Morgan fingerprint density at radius 2 is 1.78 bits per heavy atom. The van der Waals surface area contributed by atoms with Crippen LogP contribution in [0.3, 0.4) is 0 Å². The lowest BCUT2D eigenvalue weighted by Gasteiger charge is -2.23. The van der Waals surface area contributed by atoms with Gasteiger partial charge in [-0.1, -0.05) is 31.2 Å². The Kier molecular flexibility index (Phi) is 4.37. The van der Waals surface area contributed by atoms with E-state index in [9.17, 15) is 9.90 Å². The first-order valence-electron chi connectivity index (χ1n) is 6.75. The number of hydrogen-bond acceptors (Lipinski definition) is 2. The fraction of sp³-hybridized carbons (Fsp3) is 0.533. The van der Waals surface area contributed by atoms with Crippen LogP contribution in [0.25, 0.3) is 0 Å². The van der Waals surface area contributed by atoms with Crippen LogP contribution in [0.1, 0.15) is 30.9 Å². The molecule has 1 aliphatic rings. The van der Waals surface area contributed by atoms with Gasteiger partial charge in [-0.3, -0.25) is 9.69 Å². The van der Waals surface area contributed by atoms with E-state index in [1.165, 1.54) is 5.56 Å². The van der Waals surface area contributed by atoms with E-state index in [0.29, 0.717) is 6.42 Å². The van der Waals surface area contributed by atoms with Crippen molar-refractivity contribution in [3.05, 3.63) is 35.4 Å². The van der Waals surface area contributed by atoms with Gasteiger partial charge in [-0.25, -0.2) is 0 Å². The molecular formula is C15H21NO2. The first kappa shape index (κ1) is 13.1. The average Bonchev–Trinajstić information content (AvgIpc) is 2.90. The number of carbonyl (C=O) groups is 1. The predicted molar refractivity (Wildman–Crippen MR) is 71.8 cm³/mol. The summed E-state index contributed by atoms with van der Waals surface area (Å²) in [5.41, 5.74) is 2.42. The Balaban J connectivity index is 2.05. The summed E-state index contributed by atoms with van der Waals surface area (Å²) in [7, 11) is 0. The number of aliphatic carboxylic acids is 1. The zero-order chi connectivity index (χ0) is 13.0. The van der Waals surface area contributed by atoms with Crippen molar-refractivity contribution >= 4 is 5.97 Å². The molecule has 1 aromatic carbocycles. The van der Waals surface area contributed by atoms with E-state index in [-0.39, 0.29) is 6.04 Å². The van der Waals surface area contributed by atoms with Crippen LogP contribution in [0.2, 0.25) is 0 Å². The molecule has 0 aliphatic carbocycles. The Morgan fingerprint density at radius 1 is 1.22 bits per heavy atom. The molecule has 1 atom stereocenters. The lowest BCUT2D eigenvalue weighted by atomic mass is 10.0. The smallest absolute Gasteiger partial charge is 0.321 e. The van der Waals surface area contributed by atoms with E-state index in [4.69, 9.17) is 0 Å². The highest BCUT2D eigenvalue weighted by molar-refractivity contribution is 5.74. The number of aryl methyl sites for hydroxylation is 1. The van der Waals surface area contributed by atoms with Gasteiger partial charge in [-0.05, 0) is 49.9 Å².